The molecule has 0 radical (unpaired) electrons. The van der Waals surface area contributed by atoms with Crippen molar-refractivity contribution in [1.29, 1.82) is 5.41 Å². The number of nitrogens with one attached hydrogen (secondary N) is 1. The number of phenolic OH excluding ortho intramolecular Hbond substituents is 2. The molecule has 0 unspecified atom stereocenters. The molecular formula is C13H20N4O3. The van der Waals surface area contributed by atoms with Crippen molar-refractivity contribution in [2.24, 2.45) is 5.73 Å². The molecule has 1 rings (SSSR count). The second kappa shape index (κ2) is 5.68. The number of amides is 2. The van der Waals surface area contributed by atoms with Gasteiger partial charge in [0.15, 0.2) is 5.96 Å². The van der Waals surface area contributed by atoms with Crippen LogP contribution in [0.15, 0.2) is 6.07 Å². The Hall–Kier alpha value is -2.44. The van der Waals surface area contributed by atoms with Crippen LogP contribution in [0.1, 0.15) is 18.1 Å². The van der Waals surface area contributed by atoms with Gasteiger partial charge in [-0.05, 0) is 20.8 Å². The molecule has 7 nitrogen and oxygen atoms in total. The summed E-state index contributed by atoms with van der Waals surface area (Å²) in [5, 5.41) is 26.9. The van der Waals surface area contributed by atoms with E-state index in [0.717, 1.165) is 4.90 Å². The molecule has 0 atom stereocenters. The molecule has 0 saturated carbocycles. The first-order valence-corrected chi connectivity index (χ1v) is 6.13. The van der Waals surface area contributed by atoms with Crippen LogP contribution >= 0.6 is 0 Å². The van der Waals surface area contributed by atoms with Gasteiger partial charge in [-0.2, -0.15) is 0 Å². The van der Waals surface area contributed by atoms with Gasteiger partial charge in [-0.1, -0.05) is 0 Å². The zero-order valence-electron chi connectivity index (χ0n) is 12.1. The molecule has 0 saturated heterocycles. The molecule has 20 heavy (non-hydrogen) atoms. The van der Waals surface area contributed by atoms with E-state index in [4.69, 9.17) is 11.1 Å². The maximum atomic E-state index is 12.3. The van der Waals surface area contributed by atoms with Crippen molar-refractivity contribution in [2.75, 3.05) is 18.5 Å². The zero-order valence-corrected chi connectivity index (χ0v) is 12.1. The van der Waals surface area contributed by atoms with Crippen molar-refractivity contribution >= 4 is 17.7 Å². The van der Waals surface area contributed by atoms with Gasteiger partial charge >= 0.3 is 6.03 Å². The zero-order chi connectivity index (χ0) is 15.6. The first kappa shape index (κ1) is 15.6. The number of carbonyl (C=O) groups excluding carboxylic acids is 1. The summed E-state index contributed by atoms with van der Waals surface area (Å²) in [7, 11) is 1.50. The van der Waals surface area contributed by atoms with Crippen molar-refractivity contribution < 1.29 is 15.0 Å². The molecule has 2 amide bonds. The average Bonchev–Trinajstić information content (AvgIpc) is 2.36. The monoisotopic (exact) mass is 280 g/mol. The highest BCUT2D eigenvalue weighted by molar-refractivity contribution is 6.03. The summed E-state index contributed by atoms with van der Waals surface area (Å²) in [5.41, 5.74) is 6.70. The highest BCUT2D eigenvalue weighted by Crippen LogP contribution is 2.37. The molecule has 5 N–H and O–H groups in total. The molecule has 0 heterocycles. The number of guanidine groups is 1. The number of anilines is 1. The Morgan fingerprint density at radius 3 is 2.10 bits per heavy atom. The third kappa shape index (κ3) is 2.61. The standard InChI is InChI=1S/C13H20N4O3/c1-5-17(12(14)15)13(20)16(4)11-7(2)9(18)6-10(19)8(11)3/h6,18-19H,5H2,1-4H3,(H3,14,15). The number of urea groups is 1. The van der Waals surface area contributed by atoms with Crippen LogP contribution in [0.2, 0.25) is 0 Å². The Labute approximate surface area is 117 Å². The molecule has 0 aliphatic rings. The van der Waals surface area contributed by atoms with Gasteiger partial charge in [0.05, 0.1) is 5.69 Å². The maximum absolute atomic E-state index is 12.3. The van der Waals surface area contributed by atoms with E-state index in [-0.39, 0.29) is 24.0 Å². The summed E-state index contributed by atoms with van der Waals surface area (Å²) in [6.45, 7) is 5.24. The number of aromatic hydroxyl groups is 2. The first-order chi connectivity index (χ1) is 9.22. The van der Waals surface area contributed by atoms with E-state index < -0.39 is 6.03 Å². The van der Waals surface area contributed by atoms with Crippen LogP contribution in [-0.4, -0.2) is 40.7 Å². The van der Waals surface area contributed by atoms with Crippen LogP contribution in [0.3, 0.4) is 0 Å². The van der Waals surface area contributed by atoms with E-state index in [1.54, 1.807) is 20.8 Å². The molecule has 0 aliphatic heterocycles. The molecule has 110 valence electrons. The molecule has 0 aromatic heterocycles. The van der Waals surface area contributed by atoms with E-state index in [2.05, 4.69) is 0 Å². The predicted octanol–water partition coefficient (Wildman–Crippen LogP) is 1.49. The number of benzene rings is 1. The molecular weight excluding hydrogens is 260 g/mol. The van der Waals surface area contributed by atoms with Gasteiger partial charge in [0.2, 0.25) is 0 Å². The van der Waals surface area contributed by atoms with Crippen molar-refractivity contribution in [1.82, 2.24) is 4.90 Å². The lowest BCUT2D eigenvalue weighted by atomic mass is 10.1. The summed E-state index contributed by atoms with van der Waals surface area (Å²) in [6, 6.07) is 0.728. The lowest BCUT2D eigenvalue weighted by Crippen LogP contribution is -2.47. The molecule has 0 aliphatic carbocycles. The third-order valence-corrected chi connectivity index (χ3v) is 3.21. The Kier molecular flexibility index (Phi) is 4.44. The highest BCUT2D eigenvalue weighted by Gasteiger charge is 2.24. The smallest absolute Gasteiger partial charge is 0.331 e. The van der Waals surface area contributed by atoms with Crippen LogP contribution in [-0.2, 0) is 0 Å². The van der Waals surface area contributed by atoms with Crippen LogP contribution < -0.4 is 10.6 Å². The minimum absolute atomic E-state index is 0.103. The SMILES string of the molecule is CCN(C(=N)N)C(=O)N(C)c1c(C)c(O)cc(O)c1C. The molecule has 7 heteroatoms. The van der Waals surface area contributed by atoms with Crippen molar-refractivity contribution in [3.8, 4) is 11.5 Å². The summed E-state index contributed by atoms with van der Waals surface area (Å²) in [6.07, 6.45) is 0. The third-order valence-electron chi connectivity index (χ3n) is 3.21. The fourth-order valence-corrected chi connectivity index (χ4v) is 2.06. The van der Waals surface area contributed by atoms with E-state index in [1.807, 2.05) is 0 Å². The summed E-state index contributed by atoms with van der Waals surface area (Å²) < 4.78 is 0. The van der Waals surface area contributed by atoms with Gasteiger partial charge in [0, 0.05) is 30.8 Å². The number of nitrogens with two attached hydrogens (primary N) is 1. The van der Waals surface area contributed by atoms with E-state index in [0.29, 0.717) is 16.8 Å². The summed E-state index contributed by atoms with van der Waals surface area (Å²) >= 11 is 0. The summed E-state index contributed by atoms with van der Waals surface area (Å²) in [4.78, 5) is 14.7. The largest absolute Gasteiger partial charge is 0.507 e. The molecule has 0 spiro atoms. The fourth-order valence-electron chi connectivity index (χ4n) is 2.06. The van der Waals surface area contributed by atoms with Gasteiger partial charge in [0.1, 0.15) is 11.5 Å². The van der Waals surface area contributed by atoms with Crippen molar-refractivity contribution in [2.45, 2.75) is 20.8 Å². The van der Waals surface area contributed by atoms with Crippen LogP contribution in [0.4, 0.5) is 10.5 Å². The van der Waals surface area contributed by atoms with Crippen LogP contribution in [0, 0.1) is 19.3 Å². The highest BCUT2D eigenvalue weighted by atomic mass is 16.3. The van der Waals surface area contributed by atoms with Gasteiger partial charge in [-0.15, -0.1) is 0 Å². The van der Waals surface area contributed by atoms with Gasteiger partial charge in [-0.3, -0.25) is 15.2 Å². The second-order valence-electron chi connectivity index (χ2n) is 4.48. The van der Waals surface area contributed by atoms with E-state index in [1.165, 1.54) is 18.0 Å². The van der Waals surface area contributed by atoms with Crippen molar-refractivity contribution in [3.05, 3.63) is 17.2 Å². The average molecular weight is 280 g/mol. The Balaban J connectivity index is 3.31. The van der Waals surface area contributed by atoms with Gasteiger partial charge in [0.25, 0.3) is 0 Å². The number of hydrogen-bond acceptors (Lipinski definition) is 4. The van der Waals surface area contributed by atoms with Gasteiger partial charge in [-0.25, -0.2) is 4.79 Å². The fraction of sp³-hybridized carbons (Fsp3) is 0.385. The minimum atomic E-state index is -0.504. The number of carbonyl (C=O) groups is 1. The lowest BCUT2D eigenvalue weighted by Gasteiger charge is -2.28. The number of nitrogens with zero attached hydrogens (tertiary/aromatic N) is 2. The second-order valence-corrected chi connectivity index (χ2v) is 4.48. The number of hydrogen-bond donors (Lipinski definition) is 4. The summed E-state index contributed by atoms with van der Waals surface area (Å²) in [5.74, 6) is -0.564. The topological polar surface area (TPSA) is 114 Å². The molecule has 1 aromatic rings. The Bertz CT molecular complexity index is 531. The Morgan fingerprint density at radius 1 is 1.30 bits per heavy atom. The van der Waals surface area contributed by atoms with Gasteiger partial charge < -0.3 is 15.9 Å². The van der Waals surface area contributed by atoms with Crippen molar-refractivity contribution in [3.63, 3.8) is 0 Å². The molecule has 1 aromatic carbocycles. The normalized spacial score (nSPS) is 10.2. The van der Waals surface area contributed by atoms with Crippen LogP contribution in [0.5, 0.6) is 11.5 Å². The number of phenols is 2. The molecule has 0 fully saturated rings. The molecule has 0 bridgehead atoms. The van der Waals surface area contributed by atoms with Crippen LogP contribution in [0.25, 0.3) is 0 Å². The number of rotatable bonds is 2. The minimum Gasteiger partial charge on any atom is -0.507 e. The Morgan fingerprint density at radius 2 is 1.75 bits per heavy atom. The van der Waals surface area contributed by atoms with E-state index in [9.17, 15) is 15.0 Å². The lowest BCUT2D eigenvalue weighted by molar-refractivity contribution is 0.229. The first-order valence-electron chi connectivity index (χ1n) is 6.13. The van der Waals surface area contributed by atoms with E-state index >= 15 is 0 Å². The quantitative estimate of drug-likeness (QED) is 0.485. The predicted molar refractivity (Wildman–Crippen MR) is 77.3 cm³/mol. The maximum Gasteiger partial charge on any atom is 0.331 e.